The lowest BCUT2D eigenvalue weighted by molar-refractivity contribution is 0.775. The fraction of sp³-hybridized carbons (Fsp3) is 0.250. The minimum absolute atomic E-state index is 0.743. The Morgan fingerprint density at radius 3 is 3.08 bits per heavy atom. The first-order valence-electron chi connectivity index (χ1n) is 3.90. The third-order valence-electron chi connectivity index (χ3n) is 1.69. The number of hydrogen-bond acceptors (Lipinski definition) is 3. The van der Waals surface area contributed by atoms with E-state index in [-0.39, 0.29) is 0 Å². The largest absolute Gasteiger partial charge is 0.337 e. The zero-order chi connectivity index (χ0) is 9.26. The van der Waals surface area contributed by atoms with Crippen LogP contribution in [-0.4, -0.2) is 14.5 Å². The van der Waals surface area contributed by atoms with E-state index in [2.05, 4.69) is 9.97 Å². The Kier molecular flexibility index (Phi) is 2.28. The quantitative estimate of drug-likeness (QED) is 0.774. The summed E-state index contributed by atoms with van der Waals surface area (Å²) in [4.78, 5) is 7.31. The predicted octanol–water partition coefficient (Wildman–Crippen LogP) is 2.36. The van der Waals surface area contributed by atoms with Gasteiger partial charge in [0.2, 0.25) is 0 Å². The molecule has 68 valence electrons. The summed E-state index contributed by atoms with van der Waals surface area (Å²) in [6, 6.07) is 0. The average molecular weight is 211 g/mol. The maximum Gasteiger partial charge on any atom is 0.177 e. The van der Waals surface area contributed by atoms with Crippen molar-refractivity contribution in [1.82, 2.24) is 14.5 Å². The molecule has 2 heterocycles. The molecule has 0 saturated heterocycles. The molecule has 5 heteroatoms. The Labute approximate surface area is 85.1 Å². The van der Waals surface area contributed by atoms with Crippen molar-refractivity contribution in [2.75, 3.05) is 0 Å². The van der Waals surface area contributed by atoms with Gasteiger partial charge in [0.15, 0.2) is 4.77 Å². The Morgan fingerprint density at radius 1 is 1.69 bits per heavy atom. The zero-order valence-electron chi connectivity index (χ0n) is 7.15. The van der Waals surface area contributed by atoms with Gasteiger partial charge in [-0.2, -0.15) is 0 Å². The first-order chi connectivity index (χ1) is 6.25. The highest BCUT2D eigenvalue weighted by Gasteiger charge is 1.99. The van der Waals surface area contributed by atoms with Crippen LogP contribution in [0.15, 0.2) is 17.8 Å². The number of imidazole rings is 1. The lowest BCUT2D eigenvalue weighted by Crippen LogP contribution is -1.97. The highest BCUT2D eigenvalue weighted by Crippen LogP contribution is 2.10. The summed E-state index contributed by atoms with van der Waals surface area (Å²) >= 11 is 6.74. The van der Waals surface area contributed by atoms with Crippen molar-refractivity contribution in [3.05, 3.63) is 33.2 Å². The molecule has 2 aromatic rings. The van der Waals surface area contributed by atoms with Crippen molar-refractivity contribution in [2.24, 2.45) is 0 Å². The van der Waals surface area contributed by atoms with E-state index in [0.29, 0.717) is 0 Å². The number of H-pyrrole nitrogens is 1. The maximum atomic E-state index is 5.08. The molecule has 0 atom stereocenters. The van der Waals surface area contributed by atoms with Crippen molar-refractivity contribution in [2.45, 2.75) is 13.5 Å². The maximum absolute atomic E-state index is 5.08. The molecule has 0 saturated carbocycles. The van der Waals surface area contributed by atoms with Gasteiger partial charge < -0.3 is 9.55 Å². The summed E-state index contributed by atoms with van der Waals surface area (Å²) in [6.45, 7) is 2.76. The lowest BCUT2D eigenvalue weighted by Gasteiger charge is -1.96. The second-order valence-corrected chi connectivity index (χ2v) is 4.11. The number of nitrogens with one attached hydrogen (secondary N) is 1. The molecule has 2 aromatic heterocycles. The predicted molar refractivity (Wildman–Crippen MR) is 55.6 cm³/mol. The molecule has 13 heavy (non-hydrogen) atoms. The monoisotopic (exact) mass is 211 g/mol. The van der Waals surface area contributed by atoms with Gasteiger partial charge in [0, 0.05) is 23.5 Å². The molecule has 0 amide bonds. The number of aryl methyl sites for hydroxylation is 1. The number of aromatic nitrogens is 3. The van der Waals surface area contributed by atoms with E-state index < -0.39 is 0 Å². The number of hydrogen-bond donors (Lipinski definition) is 1. The van der Waals surface area contributed by atoms with Gasteiger partial charge in [-0.25, -0.2) is 4.98 Å². The van der Waals surface area contributed by atoms with Gasteiger partial charge in [0.1, 0.15) is 5.01 Å². The fourth-order valence-electron chi connectivity index (χ4n) is 1.09. The summed E-state index contributed by atoms with van der Waals surface area (Å²) < 4.78 is 2.71. The molecule has 0 fully saturated rings. The zero-order valence-corrected chi connectivity index (χ0v) is 8.78. The van der Waals surface area contributed by atoms with Crippen LogP contribution in [0.3, 0.4) is 0 Å². The third kappa shape index (κ3) is 1.87. The molecular weight excluding hydrogens is 202 g/mol. The first kappa shape index (κ1) is 8.65. The number of aromatic amines is 1. The molecule has 2 rings (SSSR count). The van der Waals surface area contributed by atoms with Crippen molar-refractivity contribution in [3.8, 4) is 0 Å². The Morgan fingerprint density at radius 2 is 2.54 bits per heavy atom. The van der Waals surface area contributed by atoms with Gasteiger partial charge >= 0.3 is 0 Å². The third-order valence-corrected chi connectivity index (χ3v) is 3.00. The topological polar surface area (TPSA) is 33.6 Å². The minimum Gasteiger partial charge on any atom is -0.337 e. The van der Waals surface area contributed by atoms with Crippen LogP contribution < -0.4 is 0 Å². The number of thiazole rings is 1. The Balaban J connectivity index is 2.24. The highest BCUT2D eigenvalue weighted by atomic mass is 32.1. The van der Waals surface area contributed by atoms with Crippen LogP contribution in [0.5, 0.6) is 0 Å². The van der Waals surface area contributed by atoms with Crippen molar-refractivity contribution in [1.29, 1.82) is 0 Å². The highest BCUT2D eigenvalue weighted by molar-refractivity contribution is 7.71. The van der Waals surface area contributed by atoms with Gasteiger partial charge in [-0.15, -0.1) is 11.3 Å². The average Bonchev–Trinajstić information content (AvgIpc) is 2.64. The van der Waals surface area contributed by atoms with E-state index in [0.717, 1.165) is 22.0 Å². The van der Waals surface area contributed by atoms with Crippen LogP contribution in [0.1, 0.15) is 10.7 Å². The van der Waals surface area contributed by atoms with Crippen LogP contribution in [0.2, 0.25) is 0 Å². The SMILES string of the molecule is Cc1csc(Cn2cc[nH]c2=S)n1. The fourth-order valence-corrected chi connectivity index (χ4v) is 2.06. The van der Waals surface area contributed by atoms with Crippen LogP contribution in [-0.2, 0) is 6.54 Å². The lowest BCUT2D eigenvalue weighted by atomic mass is 10.6. The van der Waals surface area contributed by atoms with E-state index in [9.17, 15) is 0 Å². The Hall–Kier alpha value is -0.940. The molecule has 3 nitrogen and oxygen atoms in total. The van der Waals surface area contributed by atoms with E-state index in [4.69, 9.17) is 12.2 Å². The summed E-state index contributed by atoms with van der Waals surface area (Å²) in [6.07, 6.45) is 3.77. The van der Waals surface area contributed by atoms with Gasteiger partial charge in [-0.1, -0.05) is 0 Å². The number of rotatable bonds is 2. The molecule has 0 aliphatic rings. The van der Waals surface area contributed by atoms with Gasteiger partial charge in [-0.05, 0) is 19.1 Å². The normalized spacial score (nSPS) is 10.5. The molecule has 0 unspecified atom stereocenters. The molecule has 0 aliphatic heterocycles. The van der Waals surface area contributed by atoms with Crippen LogP contribution >= 0.6 is 23.6 Å². The van der Waals surface area contributed by atoms with Gasteiger partial charge in [0.05, 0.1) is 6.54 Å². The first-order valence-corrected chi connectivity index (χ1v) is 5.19. The minimum atomic E-state index is 0.743. The second kappa shape index (κ2) is 3.43. The van der Waals surface area contributed by atoms with Crippen LogP contribution in [0.4, 0.5) is 0 Å². The molecule has 1 N–H and O–H groups in total. The van der Waals surface area contributed by atoms with E-state index >= 15 is 0 Å². The molecule has 0 aromatic carbocycles. The molecule has 0 aliphatic carbocycles. The van der Waals surface area contributed by atoms with Gasteiger partial charge in [0.25, 0.3) is 0 Å². The summed E-state index contributed by atoms with van der Waals surface area (Å²) in [5, 5.41) is 3.14. The Bertz CT molecular complexity index is 452. The molecule has 0 bridgehead atoms. The van der Waals surface area contributed by atoms with Crippen LogP contribution in [0.25, 0.3) is 0 Å². The van der Waals surface area contributed by atoms with Crippen molar-refractivity contribution >= 4 is 23.6 Å². The smallest absolute Gasteiger partial charge is 0.177 e. The second-order valence-electron chi connectivity index (χ2n) is 2.78. The van der Waals surface area contributed by atoms with Crippen LogP contribution in [0, 0.1) is 11.7 Å². The summed E-state index contributed by atoms with van der Waals surface area (Å²) in [5.41, 5.74) is 1.07. The standard InChI is InChI=1S/C8H9N3S2/c1-6-5-13-7(10-6)4-11-3-2-9-8(11)12/h2-3,5H,4H2,1H3,(H,9,12). The summed E-state index contributed by atoms with van der Waals surface area (Å²) in [5.74, 6) is 0. The number of nitrogens with zero attached hydrogens (tertiary/aromatic N) is 2. The molecule has 0 radical (unpaired) electrons. The van der Waals surface area contributed by atoms with Gasteiger partial charge in [-0.3, -0.25) is 0 Å². The van der Waals surface area contributed by atoms with E-state index in [1.807, 2.05) is 29.3 Å². The molecule has 0 spiro atoms. The van der Waals surface area contributed by atoms with Crippen molar-refractivity contribution < 1.29 is 0 Å². The molecular formula is C8H9N3S2. The van der Waals surface area contributed by atoms with Crippen molar-refractivity contribution in [3.63, 3.8) is 0 Å². The van der Waals surface area contributed by atoms with E-state index in [1.54, 1.807) is 11.3 Å². The van der Waals surface area contributed by atoms with E-state index in [1.165, 1.54) is 0 Å². The summed E-state index contributed by atoms with van der Waals surface area (Å²) in [7, 11) is 0.